The topological polar surface area (TPSA) is 67.4 Å². The van der Waals surface area contributed by atoms with Crippen LogP contribution in [-0.4, -0.2) is 20.2 Å². The Morgan fingerprint density at radius 2 is 2.56 bits per heavy atom. The Bertz CT molecular complexity index is 231. The fourth-order valence-corrected chi connectivity index (χ4v) is 0.462. The molecule has 0 aliphatic carbocycles. The van der Waals surface area contributed by atoms with Crippen molar-refractivity contribution < 1.29 is 0 Å². The molecular formula is C4H5N5. The zero-order valence-corrected chi connectivity index (χ0v) is 4.94. The molecule has 0 saturated heterocycles. The molecule has 5 heteroatoms. The molecule has 0 fully saturated rings. The van der Waals surface area contributed by atoms with E-state index in [4.69, 9.17) is 5.26 Å². The summed E-state index contributed by atoms with van der Waals surface area (Å²) in [6, 6.07) is 1.93. The van der Waals surface area contributed by atoms with Gasteiger partial charge < -0.3 is 0 Å². The Labute approximate surface area is 51.9 Å². The van der Waals surface area contributed by atoms with E-state index in [0.29, 0.717) is 5.82 Å². The third kappa shape index (κ3) is 1.02. The summed E-state index contributed by atoms with van der Waals surface area (Å²) >= 11 is 0. The molecule has 0 aliphatic rings. The fraction of sp³-hybridized carbons (Fsp3) is 0.500. The van der Waals surface area contributed by atoms with Gasteiger partial charge in [-0.3, -0.25) is 0 Å². The second kappa shape index (κ2) is 2.22. The summed E-state index contributed by atoms with van der Waals surface area (Å²) in [4.78, 5) is 0. The third-order valence-corrected chi connectivity index (χ3v) is 0.931. The molecule has 0 saturated carbocycles. The van der Waals surface area contributed by atoms with Crippen molar-refractivity contribution in [2.75, 3.05) is 0 Å². The number of aryl methyl sites for hydroxylation is 1. The first kappa shape index (κ1) is 5.69. The number of nitriles is 1. The van der Waals surface area contributed by atoms with Gasteiger partial charge in [-0.1, -0.05) is 0 Å². The lowest BCUT2D eigenvalue weighted by atomic mass is 10.6. The summed E-state index contributed by atoms with van der Waals surface area (Å²) in [5, 5.41) is 18.7. The fourth-order valence-electron chi connectivity index (χ4n) is 0.462. The molecule has 0 aromatic carbocycles. The van der Waals surface area contributed by atoms with Gasteiger partial charge in [0.05, 0.1) is 6.07 Å². The van der Waals surface area contributed by atoms with E-state index in [1.54, 1.807) is 6.92 Å². The predicted octanol–water partition coefficient (Wildman–Crippen LogP) is -0.495. The van der Waals surface area contributed by atoms with Crippen molar-refractivity contribution in [2.24, 2.45) is 0 Å². The highest BCUT2D eigenvalue weighted by molar-refractivity contribution is 4.79. The number of tetrazole rings is 1. The maximum Gasteiger partial charge on any atom is 0.149 e. The molecule has 9 heavy (non-hydrogen) atoms. The first-order valence-corrected chi connectivity index (χ1v) is 2.44. The molecule has 0 aliphatic heterocycles. The SMILES string of the molecule is Cc1nnnn1CC#N. The van der Waals surface area contributed by atoms with Crippen LogP contribution in [0.25, 0.3) is 0 Å². The first-order chi connectivity index (χ1) is 4.34. The van der Waals surface area contributed by atoms with Crippen molar-refractivity contribution in [2.45, 2.75) is 13.5 Å². The highest BCUT2D eigenvalue weighted by Gasteiger charge is 1.95. The van der Waals surface area contributed by atoms with E-state index in [1.165, 1.54) is 4.68 Å². The van der Waals surface area contributed by atoms with Crippen LogP contribution in [0.3, 0.4) is 0 Å². The van der Waals surface area contributed by atoms with Crippen LogP contribution in [0.4, 0.5) is 0 Å². The van der Waals surface area contributed by atoms with Gasteiger partial charge in [-0.05, 0) is 17.4 Å². The van der Waals surface area contributed by atoms with E-state index < -0.39 is 0 Å². The van der Waals surface area contributed by atoms with Gasteiger partial charge in [-0.25, -0.2) is 4.68 Å². The average molecular weight is 123 g/mol. The molecule has 46 valence electrons. The van der Waals surface area contributed by atoms with Gasteiger partial charge in [-0.2, -0.15) is 5.26 Å². The van der Waals surface area contributed by atoms with Gasteiger partial charge in [0.1, 0.15) is 12.4 Å². The highest BCUT2D eigenvalue weighted by atomic mass is 15.5. The van der Waals surface area contributed by atoms with E-state index in [9.17, 15) is 0 Å². The molecule has 0 unspecified atom stereocenters. The van der Waals surface area contributed by atoms with Gasteiger partial charge >= 0.3 is 0 Å². The van der Waals surface area contributed by atoms with Crippen LogP contribution in [-0.2, 0) is 6.54 Å². The Hall–Kier alpha value is -1.44. The number of hydrogen-bond acceptors (Lipinski definition) is 4. The number of rotatable bonds is 1. The number of hydrogen-bond donors (Lipinski definition) is 0. The Morgan fingerprint density at radius 1 is 1.78 bits per heavy atom. The standard InChI is InChI=1S/C4H5N5/c1-4-6-7-8-9(4)3-2-5/h3H2,1H3. The zero-order chi connectivity index (χ0) is 6.69. The molecule has 0 amide bonds. The van der Waals surface area contributed by atoms with E-state index in [1.807, 2.05) is 6.07 Å². The van der Waals surface area contributed by atoms with Crippen LogP contribution in [0, 0.1) is 18.3 Å². The van der Waals surface area contributed by atoms with Crippen LogP contribution in [0.5, 0.6) is 0 Å². The lowest BCUT2D eigenvalue weighted by Gasteiger charge is -1.88. The highest BCUT2D eigenvalue weighted by Crippen LogP contribution is 1.84. The smallest absolute Gasteiger partial charge is 0.149 e. The monoisotopic (exact) mass is 123 g/mol. The summed E-state index contributed by atoms with van der Waals surface area (Å²) in [5.41, 5.74) is 0. The molecule has 0 N–H and O–H groups in total. The van der Waals surface area contributed by atoms with Crippen molar-refractivity contribution in [3.8, 4) is 6.07 Å². The van der Waals surface area contributed by atoms with Crippen molar-refractivity contribution in [1.29, 1.82) is 5.26 Å². The third-order valence-electron chi connectivity index (χ3n) is 0.931. The van der Waals surface area contributed by atoms with E-state index in [0.717, 1.165) is 0 Å². The average Bonchev–Trinajstić information content (AvgIpc) is 2.18. The summed E-state index contributed by atoms with van der Waals surface area (Å²) in [6.45, 7) is 1.97. The van der Waals surface area contributed by atoms with Gasteiger partial charge in [0.15, 0.2) is 0 Å². The Balaban J connectivity index is 2.84. The lowest BCUT2D eigenvalue weighted by Crippen LogP contribution is -1.99. The normalized spacial score (nSPS) is 8.89. The Kier molecular flexibility index (Phi) is 1.40. The maximum atomic E-state index is 8.20. The minimum Gasteiger partial charge on any atom is -0.216 e. The van der Waals surface area contributed by atoms with Crippen molar-refractivity contribution in [3.05, 3.63) is 5.82 Å². The predicted molar refractivity (Wildman–Crippen MR) is 28.2 cm³/mol. The van der Waals surface area contributed by atoms with Crippen molar-refractivity contribution in [3.63, 3.8) is 0 Å². The van der Waals surface area contributed by atoms with Gasteiger partial charge in [0.2, 0.25) is 0 Å². The van der Waals surface area contributed by atoms with Crippen LogP contribution in [0.15, 0.2) is 0 Å². The molecule has 0 bridgehead atoms. The summed E-state index contributed by atoms with van der Waals surface area (Å²) in [5.74, 6) is 0.663. The second-order valence-electron chi connectivity index (χ2n) is 1.54. The summed E-state index contributed by atoms with van der Waals surface area (Å²) < 4.78 is 1.43. The summed E-state index contributed by atoms with van der Waals surface area (Å²) in [7, 11) is 0. The number of aromatic nitrogens is 4. The molecular weight excluding hydrogens is 118 g/mol. The maximum absolute atomic E-state index is 8.20. The molecule has 0 spiro atoms. The minimum atomic E-state index is 0.221. The van der Waals surface area contributed by atoms with E-state index in [-0.39, 0.29) is 6.54 Å². The molecule has 1 rings (SSSR count). The van der Waals surface area contributed by atoms with Crippen LogP contribution >= 0.6 is 0 Å². The molecule has 1 aromatic rings. The van der Waals surface area contributed by atoms with Crippen molar-refractivity contribution in [1.82, 2.24) is 20.2 Å². The largest absolute Gasteiger partial charge is 0.216 e. The Morgan fingerprint density at radius 3 is 3.00 bits per heavy atom. The second-order valence-corrected chi connectivity index (χ2v) is 1.54. The zero-order valence-electron chi connectivity index (χ0n) is 4.94. The molecule has 0 atom stereocenters. The van der Waals surface area contributed by atoms with Crippen molar-refractivity contribution >= 4 is 0 Å². The van der Waals surface area contributed by atoms with Crippen LogP contribution < -0.4 is 0 Å². The summed E-state index contributed by atoms with van der Waals surface area (Å²) in [6.07, 6.45) is 0. The quantitative estimate of drug-likeness (QED) is 0.505. The van der Waals surface area contributed by atoms with E-state index in [2.05, 4.69) is 15.5 Å². The van der Waals surface area contributed by atoms with Gasteiger partial charge in [-0.15, -0.1) is 5.10 Å². The van der Waals surface area contributed by atoms with E-state index >= 15 is 0 Å². The molecule has 1 aromatic heterocycles. The van der Waals surface area contributed by atoms with Crippen LogP contribution in [0.2, 0.25) is 0 Å². The molecule has 1 heterocycles. The van der Waals surface area contributed by atoms with Crippen LogP contribution in [0.1, 0.15) is 5.82 Å². The number of nitrogens with zero attached hydrogens (tertiary/aromatic N) is 5. The van der Waals surface area contributed by atoms with Gasteiger partial charge in [0, 0.05) is 0 Å². The minimum absolute atomic E-state index is 0.221. The first-order valence-electron chi connectivity index (χ1n) is 2.44. The van der Waals surface area contributed by atoms with Gasteiger partial charge in [0.25, 0.3) is 0 Å². The molecule has 5 nitrogen and oxygen atoms in total. The molecule has 0 radical (unpaired) electrons. The lowest BCUT2D eigenvalue weighted by molar-refractivity contribution is 0.651.